The van der Waals surface area contributed by atoms with Crippen LogP contribution in [0.5, 0.6) is 0 Å². The van der Waals surface area contributed by atoms with Gasteiger partial charge in [0.15, 0.2) is 0 Å². The van der Waals surface area contributed by atoms with E-state index in [1.54, 1.807) is 6.07 Å². The molecule has 1 fully saturated rings. The van der Waals surface area contributed by atoms with Crippen LogP contribution in [0.4, 0.5) is 0 Å². The highest BCUT2D eigenvalue weighted by molar-refractivity contribution is 7.91. The van der Waals surface area contributed by atoms with Crippen molar-refractivity contribution < 1.29 is 8.42 Å². The Morgan fingerprint density at radius 2 is 2.05 bits per heavy atom. The fraction of sp³-hybridized carbons (Fsp3) is 0.692. The first-order valence-corrected chi connectivity index (χ1v) is 9.23. The van der Waals surface area contributed by atoms with Crippen LogP contribution in [0, 0.1) is 0 Å². The highest BCUT2D eigenvalue weighted by Crippen LogP contribution is 2.24. The maximum atomic E-state index is 12.2. The van der Waals surface area contributed by atoms with Crippen LogP contribution in [-0.2, 0) is 16.6 Å². The Bertz CT molecular complexity index is 490. The van der Waals surface area contributed by atoms with E-state index in [2.05, 4.69) is 17.0 Å². The summed E-state index contributed by atoms with van der Waals surface area (Å²) < 4.78 is 27.7. The van der Waals surface area contributed by atoms with Crippen molar-refractivity contribution in [3.63, 3.8) is 0 Å². The SMILES string of the molecule is CCCNCc1ccc(S(=O)(=O)NC2CCCC2)s1. The third-order valence-electron chi connectivity index (χ3n) is 3.30. The maximum absolute atomic E-state index is 12.2. The number of hydrogen-bond acceptors (Lipinski definition) is 4. The van der Waals surface area contributed by atoms with Gasteiger partial charge in [-0.05, 0) is 37.9 Å². The zero-order valence-electron chi connectivity index (χ0n) is 11.3. The molecule has 2 N–H and O–H groups in total. The summed E-state index contributed by atoms with van der Waals surface area (Å²) in [4.78, 5) is 1.07. The molecule has 0 saturated heterocycles. The van der Waals surface area contributed by atoms with Gasteiger partial charge in [0.1, 0.15) is 4.21 Å². The van der Waals surface area contributed by atoms with Gasteiger partial charge < -0.3 is 5.32 Å². The van der Waals surface area contributed by atoms with Crippen LogP contribution in [-0.4, -0.2) is 21.0 Å². The predicted molar refractivity (Wildman–Crippen MR) is 78.9 cm³/mol. The molecule has 19 heavy (non-hydrogen) atoms. The van der Waals surface area contributed by atoms with Crippen molar-refractivity contribution in [2.45, 2.75) is 55.8 Å². The summed E-state index contributed by atoms with van der Waals surface area (Å²) >= 11 is 1.36. The predicted octanol–water partition coefficient (Wildman–Crippen LogP) is 2.47. The Balaban J connectivity index is 1.95. The normalized spacial score (nSPS) is 17.1. The molecule has 108 valence electrons. The molecule has 0 unspecified atom stereocenters. The van der Waals surface area contributed by atoms with E-state index < -0.39 is 10.0 Å². The third kappa shape index (κ3) is 4.27. The number of thiophene rings is 1. The molecule has 0 radical (unpaired) electrons. The van der Waals surface area contributed by atoms with E-state index in [-0.39, 0.29) is 6.04 Å². The second-order valence-corrected chi connectivity index (χ2v) is 8.11. The van der Waals surface area contributed by atoms with Crippen molar-refractivity contribution in [2.75, 3.05) is 6.54 Å². The summed E-state index contributed by atoms with van der Waals surface area (Å²) in [6.07, 6.45) is 5.28. The smallest absolute Gasteiger partial charge is 0.250 e. The molecule has 1 aliphatic carbocycles. The summed E-state index contributed by atoms with van der Waals surface area (Å²) in [5, 5.41) is 3.28. The van der Waals surface area contributed by atoms with E-state index in [1.807, 2.05) is 6.07 Å². The van der Waals surface area contributed by atoms with Crippen molar-refractivity contribution in [2.24, 2.45) is 0 Å². The number of hydrogen-bond donors (Lipinski definition) is 2. The average Bonchev–Trinajstić information content (AvgIpc) is 3.00. The summed E-state index contributed by atoms with van der Waals surface area (Å²) in [6, 6.07) is 3.75. The van der Waals surface area contributed by atoms with Gasteiger partial charge in [-0.25, -0.2) is 13.1 Å². The summed E-state index contributed by atoms with van der Waals surface area (Å²) in [6.45, 7) is 3.82. The van der Waals surface area contributed by atoms with Gasteiger partial charge in [0.05, 0.1) is 0 Å². The van der Waals surface area contributed by atoms with Gasteiger partial charge in [-0.1, -0.05) is 19.8 Å². The fourth-order valence-electron chi connectivity index (χ4n) is 2.31. The minimum atomic E-state index is -3.31. The Kier molecular flexibility index (Phi) is 5.38. The Labute approximate surface area is 119 Å². The zero-order valence-corrected chi connectivity index (χ0v) is 12.9. The van der Waals surface area contributed by atoms with E-state index in [1.165, 1.54) is 11.3 Å². The van der Waals surface area contributed by atoms with E-state index in [4.69, 9.17) is 0 Å². The van der Waals surface area contributed by atoms with E-state index in [0.29, 0.717) is 4.21 Å². The van der Waals surface area contributed by atoms with Crippen LogP contribution in [0.15, 0.2) is 16.3 Å². The quantitative estimate of drug-likeness (QED) is 0.761. The average molecular weight is 302 g/mol. The molecule has 1 aromatic rings. The van der Waals surface area contributed by atoms with E-state index in [0.717, 1.165) is 50.1 Å². The lowest BCUT2D eigenvalue weighted by Crippen LogP contribution is -2.32. The van der Waals surface area contributed by atoms with Gasteiger partial charge in [-0.15, -0.1) is 11.3 Å². The van der Waals surface area contributed by atoms with Gasteiger partial charge in [0, 0.05) is 17.5 Å². The molecule has 0 aromatic carbocycles. The van der Waals surface area contributed by atoms with Gasteiger partial charge in [-0.3, -0.25) is 0 Å². The number of rotatable bonds is 7. The molecular formula is C13H22N2O2S2. The van der Waals surface area contributed by atoms with Crippen LogP contribution in [0.2, 0.25) is 0 Å². The minimum Gasteiger partial charge on any atom is -0.312 e. The molecule has 0 spiro atoms. The lowest BCUT2D eigenvalue weighted by molar-refractivity contribution is 0.554. The molecule has 0 aliphatic heterocycles. The lowest BCUT2D eigenvalue weighted by atomic mass is 10.3. The molecule has 1 heterocycles. The second kappa shape index (κ2) is 6.83. The van der Waals surface area contributed by atoms with Gasteiger partial charge in [-0.2, -0.15) is 0 Å². The number of sulfonamides is 1. The van der Waals surface area contributed by atoms with Gasteiger partial charge in [0.25, 0.3) is 0 Å². The standard InChI is InChI=1S/C13H22N2O2S2/c1-2-9-14-10-12-7-8-13(18-12)19(16,17)15-11-5-3-4-6-11/h7-8,11,14-15H,2-6,9-10H2,1H3. The highest BCUT2D eigenvalue weighted by atomic mass is 32.2. The molecular weight excluding hydrogens is 280 g/mol. The molecule has 1 aromatic heterocycles. The first kappa shape index (κ1) is 15.0. The topological polar surface area (TPSA) is 58.2 Å². The van der Waals surface area contributed by atoms with E-state index >= 15 is 0 Å². The van der Waals surface area contributed by atoms with Crippen LogP contribution in [0.25, 0.3) is 0 Å². The Morgan fingerprint density at radius 1 is 1.32 bits per heavy atom. The van der Waals surface area contributed by atoms with Crippen LogP contribution in [0.3, 0.4) is 0 Å². The molecule has 1 aliphatic rings. The largest absolute Gasteiger partial charge is 0.312 e. The maximum Gasteiger partial charge on any atom is 0.250 e. The van der Waals surface area contributed by atoms with Gasteiger partial charge in [0.2, 0.25) is 10.0 Å². The molecule has 1 saturated carbocycles. The van der Waals surface area contributed by atoms with E-state index in [9.17, 15) is 8.42 Å². The number of nitrogens with one attached hydrogen (secondary N) is 2. The van der Waals surface area contributed by atoms with Gasteiger partial charge >= 0.3 is 0 Å². The third-order valence-corrected chi connectivity index (χ3v) is 6.40. The zero-order chi connectivity index (χ0) is 13.7. The second-order valence-electron chi connectivity index (χ2n) is 5.00. The Morgan fingerprint density at radius 3 is 2.74 bits per heavy atom. The molecule has 4 nitrogen and oxygen atoms in total. The van der Waals surface area contributed by atoms with Crippen molar-refractivity contribution >= 4 is 21.4 Å². The van der Waals surface area contributed by atoms with Crippen LogP contribution in [0.1, 0.15) is 43.9 Å². The van der Waals surface area contributed by atoms with Crippen molar-refractivity contribution in [1.29, 1.82) is 0 Å². The monoisotopic (exact) mass is 302 g/mol. The van der Waals surface area contributed by atoms with Crippen molar-refractivity contribution in [3.05, 3.63) is 17.0 Å². The highest BCUT2D eigenvalue weighted by Gasteiger charge is 2.23. The summed E-state index contributed by atoms with van der Waals surface area (Å²) in [5.74, 6) is 0. The lowest BCUT2D eigenvalue weighted by Gasteiger charge is -2.10. The Hall–Kier alpha value is -0.430. The fourth-order valence-corrected chi connectivity index (χ4v) is 4.95. The van der Waals surface area contributed by atoms with Crippen molar-refractivity contribution in [1.82, 2.24) is 10.0 Å². The van der Waals surface area contributed by atoms with Crippen LogP contribution < -0.4 is 10.0 Å². The first-order chi connectivity index (χ1) is 9.12. The molecule has 0 atom stereocenters. The summed E-state index contributed by atoms with van der Waals surface area (Å²) in [7, 11) is -3.31. The first-order valence-electron chi connectivity index (χ1n) is 6.93. The van der Waals surface area contributed by atoms with Crippen LogP contribution >= 0.6 is 11.3 Å². The molecule has 2 rings (SSSR count). The van der Waals surface area contributed by atoms with Crippen molar-refractivity contribution in [3.8, 4) is 0 Å². The minimum absolute atomic E-state index is 0.133. The summed E-state index contributed by atoms with van der Waals surface area (Å²) in [5.41, 5.74) is 0. The molecule has 6 heteroatoms. The molecule has 0 bridgehead atoms. The molecule has 0 amide bonds.